The van der Waals surface area contributed by atoms with Crippen LogP contribution in [0.1, 0.15) is 93.4 Å². The van der Waals surface area contributed by atoms with E-state index in [1.807, 2.05) is 12.1 Å². The fraction of sp³-hybridized carbons (Fsp3) is 0.757. The van der Waals surface area contributed by atoms with Crippen molar-refractivity contribution in [2.24, 2.45) is 56.7 Å². The Morgan fingerprint density at radius 3 is 2.23 bits per heavy atom. The highest BCUT2D eigenvalue weighted by molar-refractivity contribution is 5.76. The minimum Gasteiger partial charge on any atom is -0.508 e. The molecule has 6 rings (SSSR count). The quantitative estimate of drug-likeness (QED) is 0.313. The minimum atomic E-state index is -0.835. The molecule has 43 heavy (non-hydrogen) atoms. The van der Waals surface area contributed by atoms with E-state index in [4.69, 9.17) is 9.47 Å². The maximum absolute atomic E-state index is 13.1. The molecule has 0 unspecified atom stereocenters. The first-order valence-electron chi connectivity index (χ1n) is 16.6. The van der Waals surface area contributed by atoms with Gasteiger partial charge in [-0.05, 0) is 122 Å². The van der Waals surface area contributed by atoms with Crippen molar-refractivity contribution >= 4 is 5.97 Å². The third-order valence-corrected chi connectivity index (χ3v) is 14.9. The van der Waals surface area contributed by atoms with Gasteiger partial charge in [0, 0.05) is 12.5 Å². The van der Waals surface area contributed by atoms with Crippen LogP contribution < -0.4 is 4.74 Å². The molecule has 0 radical (unpaired) electrons. The highest BCUT2D eigenvalue weighted by Crippen LogP contribution is 2.77. The highest BCUT2D eigenvalue weighted by Gasteiger charge is 2.75. The fourth-order valence-electron chi connectivity index (χ4n) is 12.4. The van der Waals surface area contributed by atoms with Crippen LogP contribution in [0.5, 0.6) is 11.5 Å². The number of phenolic OH excluding ortho intramolecular Hbond substituents is 1. The maximum atomic E-state index is 13.1. The number of aromatic hydroxyl groups is 1. The molecule has 0 amide bonds. The summed E-state index contributed by atoms with van der Waals surface area (Å²) in [4.78, 5) is 13.1. The minimum absolute atomic E-state index is 0.0426. The van der Waals surface area contributed by atoms with E-state index in [9.17, 15) is 20.1 Å². The van der Waals surface area contributed by atoms with Crippen LogP contribution in [0.25, 0.3) is 0 Å². The van der Waals surface area contributed by atoms with Gasteiger partial charge in [-0.1, -0.05) is 53.2 Å². The number of phenols is 1. The van der Waals surface area contributed by atoms with E-state index >= 15 is 0 Å². The average molecular weight is 595 g/mol. The lowest BCUT2D eigenvalue weighted by Gasteiger charge is -2.75. The molecule has 0 aliphatic heterocycles. The Hall–Kier alpha value is -2.05. The third-order valence-electron chi connectivity index (χ3n) is 14.9. The second-order valence-electron chi connectivity index (χ2n) is 16.5. The Morgan fingerprint density at radius 2 is 1.60 bits per heavy atom. The molecule has 5 aliphatic carbocycles. The molecule has 6 heteroatoms. The van der Waals surface area contributed by atoms with Crippen molar-refractivity contribution in [3.63, 3.8) is 0 Å². The predicted molar refractivity (Wildman–Crippen MR) is 167 cm³/mol. The monoisotopic (exact) mass is 594 g/mol. The molecular weight excluding hydrogens is 540 g/mol. The average Bonchev–Trinajstić information content (AvgIpc) is 2.94. The summed E-state index contributed by atoms with van der Waals surface area (Å²) < 4.78 is 13.0. The van der Waals surface area contributed by atoms with Crippen LogP contribution in [0.4, 0.5) is 0 Å². The summed E-state index contributed by atoms with van der Waals surface area (Å²) in [5.41, 5.74) is -0.0849. The molecule has 3 N–H and O–H groups in total. The number of benzene rings is 1. The van der Waals surface area contributed by atoms with Gasteiger partial charge in [0.25, 0.3) is 0 Å². The molecule has 238 valence electrons. The molecule has 0 heterocycles. The van der Waals surface area contributed by atoms with Crippen molar-refractivity contribution in [1.29, 1.82) is 0 Å². The second-order valence-corrected chi connectivity index (χ2v) is 16.5. The number of ether oxygens (including phenoxy) is 2. The van der Waals surface area contributed by atoms with Crippen LogP contribution in [0.3, 0.4) is 0 Å². The zero-order valence-electron chi connectivity index (χ0n) is 27.5. The van der Waals surface area contributed by atoms with Gasteiger partial charge in [-0.2, -0.15) is 0 Å². The van der Waals surface area contributed by atoms with E-state index in [0.717, 1.165) is 37.9 Å². The van der Waals surface area contributed by atoms with Gasteiger partial charge in [0.2, 0.25) is 0 Å². The van der Waals surface area contributed by atoms with Gasteiger partial charge in [0.1, 0.15) is 17.6 Å². The van der Waals surface area contributed by atoms with E-state index in [0.29, 0.717) is 18.8 Å². The Kier molecular flexibility index (Phi) is 7.18. The first kappa shape index (κ1) is 31.0. The van der Waals surface area contributed by atoms with E-state index < -0.39 is 17.5 Å². The van der Waals surface area contributed by atoms with Crippen LogP contribution in [0, 0.1) is 56.7 Å². The molecular formula is C37H54O6. The summed E-state index contributed by atoms with van der Waals surface area (Å²) in [6.07, 6.45) is 7.14. The number of methoxy groups -OCH3 is 1. The fourth-order valence-corrected chi connectivity index (χ4v) is 12.4. The number of hydrogen-bond donors (Lipinski definition) is 3. The number of rotatable bonds is 4. The predicted octanol–water partition coefficient (Wildman–Crippen LogP) is 7.48. The lowest BCUT2D eigenvalue weighted by Crippen LogP contribution is -2.75. The Labute approximate surface area is 258 Å². The summed E-state index contributed by atoms with van der Waals surface area (Å²) in [6, 6.07) is 7.05. The summed E-state index contributed by atoms with van der Waals surface area (Å²) >= 11 is 0. The maximum Gasteiger partial charge on any atom is 0.310 e. The number of aliphatic hydroxyl groups excluding tert-OH is 1. The lowest BCUT2D eigenvalue weighted by atomic mass is 9.30. The van der Waals surface area contributed by atoms with Crippen LogP contribution in [0.15, 0.2) is 35.9 Å². The number of carboxylic acids is 1. The van der Waals surface area contributed by atoms with Crippen molar-refractivity contribution in [1.82, 2.24) is 0 Å². The van der Waals surface area contributed by atoms with Gasteiger partial charge < -0.3 is 24.8 Å². The first-order chi connectivity index (χ1) is 20.1. The molecule has 0 saturated heterocycles. The molecule has 12 atom stereocenters. The first-order valence-corrected chi connectivity index (χ1v) is 16.6. The number of carboxylic acid groups (broad SMARTS) is 1. The van der Waals surface area contributed by atoms with Gasteiger partial charge in [-0.15, -0.1) is 0 Å². The molecule has 5 aliphatic rings. The zero-order chi connectivity index (χ0) is 31.3. The lowest BCUT2D eigenvalue weighted by molar-refractivity contribution is -0.311. The number of aliphatic carboxylic acids is 1. The molecule has 4 fully saturated rings. The molecule has 1 aromatic carbocycles. The second kappa shape index (κ2) is 9.97. The van der Waals surface area contributed by atoms with E-state index in [-0.39, 0.29) is 63.3 Å². The van der Waals surface area contributed by atoms with Gasteiger partial charge in [-0.3, -0.25) is 4.79 Å². The summed E-state index contributed by atoms with van der Waals surface area (Å²) in [5.74, 6) is 0.655. The zero-order valence-corrected chi connectivity index (χ0v) is 27.5. The van der Waals surface area contributed by atoms with Crippen molar-refractivity contribution in [2.75, 3.05) is 7.11 Å². The van der Waals surface area contributed by atoms with Crippen LogP contribution in [0.2, 0.25) is 0 Å². The number of allylic oxidation sites excluding steroid dienone is 2. The van der Waals surface area contributed by atoms with Crippen molar-refractivity contribution in [2.45, 2.75) is 112 Å². The van der Waals surface area contributed by atoms with Gasteiger partial charge in [0.15, 0.2) is 0 Å². The Balaban J connectivity index is 1.40. The summed E-state index contributed by atoms with van der Waals surface area (Å²) in [7, 11) is 1.76. The number of fused-ring (bicyclic) bond motifs is 7. The normalized spacial score (nSPS) is 48.5. The summed E-state index contributed by atoms with van der Waals surface area (Å²) in [6.45, 7) is 16.4. The topological polar surface area (TPSA) is 96.2 Å². The van der Waals surface area contributed by atoms with Crippen LogP contribution in [-0.4, -0.2) is 46.7 Å². The van der Waals surface area contributed by atoms with E-state index in [2.05, 4.69) is 54.5 Å². The smallest absolute Gasteiger partial charge is 0.310 e. The van der Waals surface area contributed by atoms with E-state index in [1.165, 1.54) is 5.57 Å². The summed E-state index contributed by atoms with van der Waals surface area (Å²) in [5, 5.41) is 33.1. The Bertz CT molecular complexity index is 1290. The van der Waals surface area contributed by atoms with E-state index in [1.54, 1.807) is 19.2 Å². The SMILES string of the molecule is CO[C@@H]1[C@H](O)[C@@H]2[C@@H]3[C@@H](C)C(C)=CC[C@]3(C(=O)O)CC[C@@]2(C)[C@]2(C)CC[C@@H]3C(C)(C)[C@@H](Oc4ccc(O)cc4)CC[C@]3(C)[C@@H]12. The number of carbonyl (C=O) groups is 1. The van der Waals surface area contributed by atoms with Gasteiger partial charge in [-0.25, -0.2) is 0 Å². The molecule has 0 aromatic heterocycles. The van der Waals surface area contributed by atoms with Gasteiger partial charge in [0.05, 0.1) is 17.6 Å². The number of aliphatic hydroxyl groups is 1. The molecule has 4 saturated carbocycles. The molecule has 0 bridgehead atoms. The van der Waals surface area contributed by atoms with Crippen molar-refractivity contribution in [3.05, 3.63) is 35.9 Å². The van der Waals surface area contributed by atoms with Crippen LogP contribution in [-0.2, 0) is 9.53 Å². The largest absolute Gasteiger partial charge is 0.508 e. The Morgan fingerprint density at radius 1 is 0.930 bits per heavy atom. The third kappa shape index (κ3) is 4.00. The molecule has 1 aromatic rings. The highest BCUT2D eigenvalue weighted by atomic mass is 16.5. The number of hydrogen-bond acceptors (Lipinski definition) is 5. The van der Waals surface area contributed by atoms with Crippen molar-refractivity contribution in [3.8, 4) is 11.5 Å². The molecule has 6 nitrogen and oxygen atoms in total. The van der Waals surface area contributed by atoms with Crippen LogP contribution >= 0.6 is 0 Å². The van der Waals surface area contributed by atoms with Gasteiger partial charge >= 0.3 is 5.97 Å². The van der Waals surface area contributed by atoms with Crippen molar-refractivity contribution < 1.29 is 29.6 Å². The molecule has 0 spiro atoms. The standard InChI is InChI=1S/C37H54O6/c1-21-13-18-37(32(40)41)20-19-35(6)28(27(37)22(21)2)29(39)30(42-8)31-34(5)16-15-26(43-24-11-9-23(38)10-12-24)33(3,4)25(34)14-17-36(31,35)7/h9-13,22,25-31,38-39H,14-20H2,1-8H3,(H,40,41)/t22-,25+,26-,27-,28-,29+,30+,31+,34-,35+,36+,37-/m0/s1.